The van der Waals surface area contributed by atoms with Crippen LogP contribution >= 0.6 is 31.9 Å². The molecular formula is C7H7Br2N. The second kappa shape index (κ2) is 3.49. The minimum absolute atomic E-state index is 0.866. The maximum atomic E-state index is 4.17. The second-order valence-corrected chi connectivity index (χ2v) is 3.51. The normalized spacial score (nSPS) is 9.90. The number of hydrogen-bond acceptors (Lipinski definition) is 1. The van der Waals surface area contributed by atoms with E-state index in [1.807, 2.05) is 13.1 Å². The van der Waals surface area contributed by atoms with Crippen LogP contribution in [0, 0.1) is 6.92 Å². The third-order valence-corrected chi connectivity index (χ3v) is 2.34. The average molecular weight is 265 g/mol. The lowest BCUT2D eigenvalue weighted by Gasteiger charge is -1.99. The number of nitrogens with zero attached hydrogens (tertiary/aromatic N) is 1. The van der Waals surface area contributed by atoms with E-state index in [-0.39, 0.29) is 0 Å². The molecule has 0 unspecified atom stereocenters. The number of pyridine rings is 1. The van der Waals surface area contributed by atoms with E-state index < -0.39 is 0 Å². The van der Waals surface area contributed by atoms with Crippen LogP contribution in [0.5, 0.6) is 0 Å². The smallest absolute Gasteiger partial charge is 0.0413 e. The molecule has 1 heterocycles. The van der Waals surface area contributed by atoms with Gasteiger partial charge in [-0.15, -0.1) is 0 Å². The molecule has 0 bridgehead atoms. The molecule has 0 fully saturated rings. The van der Waals surface area contributed by atoms with Gasteiger partial charge in [-0.25, -0.2) is 0 Å². The van der Waals surface area contributed by atoms with Crippen molar-refractivity contribution in [2.45, 2.75) is 12.3 Å². The first-order chi connectivity index (χ1) is 4.74. The third kappa shape index (κ3) is 1.80. The van der Waals surface area contributed by atoms with Gasteiger partial charge in [0.25, 0.3) is 0 Å². The molecule has 1 aromatic heterocycles. The zero-order chi connectivity index (χ0) is 7.56. The van der Waals surface area contributed by atoms with Crippen LogP contribution in [0.15, 0.2) is 16.7 Å². The Kier molecular flexibility index (Phi) is 2.86. The molecule has 0 aliphatic carbocycles. The zero-order valence-corrected chi connectivity index (χ0v) is 8.74. The van der Waals surface area contributed by atoms with Crippen LogP contribution in [-0.2, 0) is 5.33 Å². The SMILES string of the molecule is Cc1ncc(Br)cc1CBr. The summed E-state index contributed by atoms with van der Waals surface area (Å²) in [6.45, 7) is 2.00. The number of hydrogen-bond donors (Lipinski definition) is 0. The highest BCUT2D eigenvalue weighted by Crippen LogP contribution is 2.15. The standard InChI is InChI=1S/C7H7Br2N/c1-5-6(3-8)2-7(9)4-10-5/h2,4H,3H2,1H3. The highest BCUT2D eigenvalue weighted by Gasteiger charge is 1.96. The molecule has 0 radical (unpaired) electrons. The Labute approximate surface area is 77.1 Å². The van der Waals surface area contributed by atoms with E-state index in [1.54, 1.807) is 0 Å². The first-order valence-electron chi connectivity index (χ1n) is 2.91. The zero-order valence-electron chi connectivity index (χ0n) is 5.56. The molecule has 54 valence electrons. The lowest BCUT2D eigenvalue weighted by atomic mass is 10.2. The Bertz CT molecular complexity index is 235. The van der Waals surface area contributed by atoms with E-state index >= 15 is 0 Å². The van der Waals surface area contributed by atoms with Gasteiger partial charge in [-0.1, -0.05) is 15.9 Å². The first-order valence-corrected chi connectivity index (χ1v) is 4.82. The molecule has 0 saturated heterocycles. The highest BCUT2D eigenvalue weighted by molar-refractivity contribution is 9.10. The number of rotatable bonds is 1. The van der Waals surface area contributed by atoms with E-state index in [2.05, 4.69) is 42.9 Å². The minimum Gasteiger partial charge on any atom is -0.260 e. The maximum absolute atomic E-state index is 4.17. The number of aromatic nitrogens is 1. The van der Waals surface area contributed by atoms with E-state index in [4.69, 9.17) is 0 Å². The molecule has 3 heteroatoms. The van der Waals surface area contributed by atoms with Crippen molar-refractivity contribution in [2.75, 3.05) is 0 Å². The lowest BCUT2D eigenvalue weighted by molar-refractivity contribution is 1.13. The van der Waals surface area contributed by atoms with E-state index in [1.165, 1.54) is 5.56 Å². The molecule has 0 N–H and O–H groups in total. The Morgan fingerprint density at radius 2 is 2.30 bits per heavy atom. The minimum atomic E-state index is 0.866. The summed E-state index contributed by atoms with van der Waals surface area (Å²) in [5.74, 6) is 0. The van der Waals surface area contributed by atoms with Crippen molar-refractivity contribution in [3.05, 3.63) is 28.0 Å². The molecule has 0 aromatic carbocycles. The van der Waals surface area contributed by atoms with Gasteiger partial charge in [0.2, 0.25) is 0 Å². The van der Waals surface area contributed by atoms with Crippen LogP contribution in [0.2, 0.25) is 0 Å². The van der Waals surface area contributed by atoms with Gasteiger partial charge in [0.05, 0.1) is 0 Å². The molecule has 1 aromatic rings. The summed E-state index contributed by atoms with van der Waals surface area (Å²) in [5.41, 5.74) is 2.31. The maximum Gasteiger partial charge on any atom is 0.0413 e. The Hall–Kier alpha value is 0.110. The van der Waals surface area contributed by atoms with Crippen LogP contribution in [0.3, 0.4) is 0 Å². The van der Waals surface area contributed by atoms with Crippen molar-refractivity contribution >= 4 is 31.9 Å². The Balaban J connectivity index is 3.09. The summed E-state index contributed by atoms with van der Waals surface area (Å²) >= 11 is 6.74. The van der Waals surface area contributed by atoms with E-state index in [9.17, 15) is 0 Å². The van der Waals surface area contributed by atoms with Gasteiger partial charge in [0.1, 0.15) is 0 Å². The molecule has 0 atom stereocenters. The topological polar surface area (TPSA) is 12.9 Å². The van der Waals surface area contributed by atoms with Crippen molar-refractivity contribution in [1.82, 2.24) is 4.98 Å². The molecule has 1 rings (SSSR count). The second-order valence-electron chi connectivity index (χ2n) is 2.03. The summed E-state index contributed by atoms with van der Waals surface area (Å²) in [6.07, 6.45) is 1.81. The molecule has 0 amide bonds. The largest absolute Gasteiger partial charge is 0.260 e. The quantitative estimate of drug-likeness (QED) is 0.711. The Morgan fingerprint density at radius 1 is 1.60 bits per heavy atom. The third-order valence-electron chi connectivity index (χ3n) is 1.30. The first kappa shape index (κ1) is 8.21. The van der Waals surface area contributed by atoms with Crippen LogP contribution < -0.4 is 0 Å². The van der Waals surface area contributed by atoms with Gasteiger partial charge in [-0.05, 0) is 34.5 Å². The molecule has 0 saturated carbocycles. The predicted molar refractivity (Wildman–Crippen MR) is 49.3 cm³/mol. The van der Waals surface area contributed by atoms with E-state index in [0.29, 0.717) is 0 Å². The summed E-state index contributed by atoms with van der Waals surface area (Å²) in [7, 11) is 0. The molecule has 0 aliphatic rings. The summed E-state index contributed by atoms with van der Waals surface area (Å²) in [6, 6.07) is 2.07. The fourth-order valence-electron chi connectivity index (χ4n) is 0.685. The summed E-state index contributed by atoms with van der Waals surface area (Å²) < 4.78 is 1.03. The van der Waals surface area contributed by atoms with Crippen molar-refractivity contribution in [3.8, 4) is 0 Å². The molecule has 0 aliphatic heterocycles. The lowest BCUT2D eigenvalue weighted by Crippen LogP contribution is -1.87. The Morgan fingerprint density at radius 3 is 2.80 bits per heavy atom. The van der Waals surface area contributed by atoms with Crippen LogP contribution in [0.25, 0.3) is 0 Å². The van der Waals surface area contributed by atoms with Crippen molar-refractivity contribution in [1.29, 1.82) is 0 Å². The van der Waals surface area contributed by atoms with E-state index in [0.717, 1.165) is 15.5 Å². The highest BCUT2D eigenvalue weighted by atomic mass is 79.9. The van der Waals surface area contributed by atoms with Gasteiger partial charge < -0.3 is 0 Å². The van der Waals surface area contributed by atoms with Gasteiger partial charge in [-0.2, -0.15) is 0 Å². The average Bonchev–Trinajstić information content (AvgIpc) is 1.94. The molecule has 10 heavy (non-hydrogen) atoms. The number of aryl methyl sites for hydroxylation is 1. The summed E-state index contributed by atoms with van der Waals surface area (Å²) in [4.78, 5) is 4.17. The van der Waals surface area contributed by atoms with Crippen molar-refractivity contribution < 1.29 is 0 Å². The molecule has 1 nitrogen and oxygen atoms in total. The van der Waals surface area contributed by atoms with Gasteiger partial charge in [0.15, 0.2) is 0 Å². The van der Waals surface area contributed by atoms with Crippen LogP contribution in [0.1, 0.15) is 11.3 Å². The monoisotopic (exact) mass is 263 g/mol. The molecular weight excluding hydrogens is 258 g/mol. The predicted octanol–water partition coefficient (Wildman–Crippen LogP) is 3.05. The fraction of sp³-hybridized carbons (Fsp3) is 0.286. The van der Waals surface area contributed by atoms with Gasteiger partial charge in [0, 0.05) is 21.7 Å². The number of halogens is 2. The van der Waals surface area contributed by atoms with Crippen molar-refractivity contribution in [2.24, 2.45) is 0 Å². The van der Waals surface area contributed by atoms with Crippen LogP contribution in [0.4, 0.5) is 0 Å². The van der Waals surface area contributed by atoms with Gasteiger partial charge in [-0.3, -0.25) is 4.98 Å². The van der Waals surface area contributed by atoms with Crippen molar-refractivity contribution in [3.63, 3.8) is 0 Å². The summed E-state index contributed by atoms with van der Waals surface area (Å²) in [5, 5.41) is 0.866. The molecule has 0 spiro atoms. The van der Waals surface area contributed by atoms with Gasteiger partial charge >= 0.3 is 0 Å². The van der Waals surface area contributed by atoms with Crippen LogP contribution in [-0.4, -0.2) is 4.98 Å². The fourth-order valence-corrected chi connectivity index (χ4v) is 1.63. The number of alkyl halides is 1.